The van der Waals surface area contributed by atoms with Gasteiger partial charge in [-0.05, 0) is 44.5 Å². The lowest BCUT2D eigenvalue weighted by Crippen LogP contribution is -2.04. The molecule has 17 heavy (non-hydrogen) atoms. The van der Waals surface area contributed by atoms with Crippen molar-refractivity contribution in [3.8, 4) is 0 Å². The first-order valence-electron chi connectivity index (χ1n) is 5.37. The summed E-state index contributed by atoms with van der Waals surface area (Å²) >= 11 is 1.56. The van der Waals surface area contributed by atoms with Gasteiger partial charge in [-0.2, -0.15) is 0 Å². The van der Waals surface area contributed by atoms with Gasteiger partial charge in [0.2, 0.25) is 0 Å². The number of thiophene rings is 1. The van der Waals surface area contributed by atoms with Gasteiger partial charge in [-0.3, -0.25) is 4.79 Å². The van der Waals surface area contributed by atoms with Gasteiger partial charge in [-0.15, -0.1) is 11.3 Å². The van der Waals surface area contributed by atoms with Gasteiger partial charge in [0.15, 0.2) is 5.78 Å². The summed E-state index contributed by atoms with van der Waals surface area (Å²) < 4.78 is 13.7. The molecule has 0 saturated carbocycles. The zero-order valence-corrected chi connectivity index (χ0v) is 10.8. The van der Waals surface area contributed by atoms with Crippen LogP contribution in [0.1, 0.15) is 31.2 Å². The van der Waals surface area contributed by atoms with Crippen LogP contribution in [0.25, 0.3) is 0 Å². The van der Waals surface area contributed by atoms with E-state index in [4.69, 9.17) is 0 Å². The summed E-state index contributed by atoms with van der Waals surface area (Å²) in [4.78, 5) is 14.2. The lowest BCUT2D eigenvalue weighted by Gasteiger charge is -2.03. The summed E-state index contributed by atoms with van der Waals surface area (Å²) in [6, 6.07) is 6.52. The van der Waals surface area contributed by atoms with Gasteiger partial charge in [0.1, 0.15) is 5.82 Å². The van der Waals surface area contributed by atoms with E-state index in [2.05, 4.69) is 0 Å². The fourth-order valence-corrected chi connectivity index (χ4v) is 2.73. The molecule has 0 aliphatic heterocycles. The van der Waals surface area contributed by atoms with Crippen LogP contribution in [0.3, 0.4) is 0 Å². The van der Waals surface area contributed by atoms with Crippen LogP contribution in [0.15, 0.2) is 24.3 Å². The molecule has 0 N–H and O–H groups in total. The van der Waals surface area contributed by atoms with E-state index in [-0.39, 0.29) is 11.3 Å². The van der Waals surface area contributed by atoms with Crippen molar-refractivity contribution in [1.29, 1.82) is 0 Å². The van der Waals surface area contributed by atoms with Crippen molar-refractivity contribution >= 4 is 17.1 Å². The Morgan fingerprint density at radius 2 is 1.82 bits per heavy atom. The number of rotatable bonds is 2. The molecule has 0 unspecified atom stereocenters. The van der Waals surface area contributed by atoms with Crippen LogP contribution in [-0.4, -0.2) is 5.78 Å². The maximum atomic E-state index is 13.7. The molecule has 1 nitrogen and oxygen atoms in total. The number of halogens is 1. The van der Waals surface area contributed by atoms with E-state index in [0.29, 0.717) is 5.56 Å². The molecule has 0 fully saturated rings. The molecule has 0 spiro atoms. The molecule has 1 aromatic heterocycles. The quantitative estimate of drug-likeness (QED) is 0.733. The van der Waals surface area contributed by atoms with Crippen LogP contribution < -0.4 is 0 Å². The number of carbonyl (C=O) groups is 1. The lowest BCUT2D eigenvalue weighted by molar-refractivity contribution is 0.103. The van der Waals surface area contributed by atoms with Gasteiger partial charge in [-0.1, -0.05) is 6.07 Å². The Morgan fingerprint density at radius 1 is 1.12 bits per heavy atom. The van der Waals surface area contributed by atoms with E-state index in [1.54, 1.807) is 30.4 Å². The summed E-state index contributed by atoms with van der Waals surface area (Å²) in [5.74, 6) is -0.678. The first-order chi connectivity index (χ1) is 7.99. The van der Waals surface area contributed by atoms with Gasteiger partial charge in [0.25, 0.3) is 0 Å². The molecule has 0 saturated heterocycles. The van der Waals surface area contributed by atoms with Gasteiger partial charge in [0.05, 0.1) is 5.56 Å². The third-order valence-electron chi connectivity index (χ3n) is 2.65. The zero-order valence-electron chi connectivity index (χ0n) is 10.0. The maximum Gasteiger partial charge on any atom is 0.197 e. The molecule has 0 radical (unpaired) electrons. The minimum absolute atomic E-state index is 0.150. The summed E-state index contributed by atoms with van der Waals surface area (Å²) in [6.45, 7) is 5.63. The van der Waals surface area contributed by atoms with Gasteiger partial charge < -0.3 is 0 Å². The van der Waals surface area contributed by atoms with E-state index in [1.807, 2.05) is 19.9 Å². The number of hydrogen-bond donors (Lipinski definition) is 0. The van der Waals surface area contributed by atoms with E-state index in [9.17, 15) is 9.18 Å². The topological polar surface area (TPSA) is 17.1 Å². The summed E-state index contributed by atoms with van der Waals surface area (Å²) in [6.07, 6.45) is 0. The Labute approximate surface area is 104 Å². The maximum absolute atomic E-state index is 13.7. The summed E-state index contributed by atoms with van der Waals surface area (Å²) in [5.41, 5.74) is 1.57. The molecule has 1 aromatic carbocycles. The van der Waals surface area contributed by atoms with E-state index < -0.39 is 5.82 Å². The van der Waals surface area contributed by atoms with Crippen LogP contribution >= 0.6 is 11.3 Å². The Morgan fingerprint density at radius 3 is 2.35 bits per heavy atom. The number of ketones is 1. The van der Waals surface area contributed by atoms with E-state index in [0.717, 1.165) is 15.3 Å². The fraction of sp³-hybridized carbons (Fsp3) is 0.214. The molecule has 0 bridgehead atoms. The minimum Gasteiger partial charge on any atom is -0.288 e. The van der Waals surface area contributed by atoms with Crippen molar-refractivity contribution in [1.82, 2.24) is 0 Å². The smallest absolute Gasteiger partial charge is 0.197 e. The Kier molecular flexibility index (Phi) is 3.11. The molecular formula is C14H13FOS. The van der Waals surface area contributed by atoms with Crippen LogP contribution in [0.5, 0.6) is 0 Å². The first-order valence-corrected chi connectivity index (χ1v) is 6.18. The van der Waals surface area contributed by atoms with Crippen LogP contribution in [0.2, 0.25) is 0 Å². The van der Waals surface area contributed by atoms with Crippen molar-refractivity contribution in [2.24, 2.45) is 0 Å². The SMILES string of the molecule is Cc1ccc(C(=O)c2cc(C)sc2C)c(F)c1. The standard InChI is InChI=1S/C14H13FOS/c1-8-4-5-11(13(15)6-8)14(16)12-7-9(2)17-10(12)3/h4-7H,1-3H3. The second-order valence-corrected chi connectivity index (χ2v) is 5.60. The Bertz CT molecular complexity index is 584. The van der Waals surface area contributed by atoms with Crippen molar-refractivity contribution in [3.05, 3.63) is 56.5 Å². The molecule has 0 atom stereocenters. The highest BCUT2D eigenvalue weighted by atomic mass is 32.1. The van der Waals surface area contributed by atoms with Crippen molar-refractivity contribution in [2.75, 3.05) is 0 Å². The highest BCUT2D eigenvalue weighted by Crippen LogP contribution is 2.24. The number of benzene rings is 1. The highest BCUT2D eigenvalue weighted by molar-refractivity contribution is 7.12. The van der Waals surface area contributed by atoms with Gasteiger partial charge in [-0.25, -0.2) is 4.39 Å². The normalized spacial score (nSPS) is 10.6. The van der Waals surface area contributed by atoms with Gasteiger partial charge in [0, 0.05) is 15.3 Å². The molecule has 2 aromatic rings. The van der Waals surface area contributed by atoms with Crippen LogP contribution in [-0.2, 0) is 0 Å². The molecule has 0 amide bonds. The summed E-state index contributed by atoms with van der Waals surface area (Å²) in [5, 5.41) is 0. The number of hydrogen-bond acceptors (Lipinski definition) is 2. The van der Waals surface area contributed by atoms with E-state index >= 15 is 0 Å². The lowest BCUT2D eigenvalue weighted by atomic mass is 10.0. The number of aryl methyl sites for hydroxylation is 3. The molecule has 1 heterocycles. The Hall–Kier alpha value is -1.48. The summed E-state index contributed by atoms with van der Waals surface area (Å²) in [7, 11) is 0. The van der Waals surface area contributed by atoms with Crippen molar-refractivity contribution in [3.63, 3.8) is 0 Å². The average molecular weight is 248 g/mol. The molecule has 0 aliphatic rings. The molecule has 3 heteroatoms. The Balaban J connectivity index is 2.47. The third kappa shape index (κ3) is 2.29. The minimum atomic E-state index is -0.446. The second kappa shape index (κ2) is 4.41. The second-order valence-electron chi connectivity index (χ2n) is 4.14. The van der Waals surface area contributed by atoms with Gasteiger partial charge >= 0.3 is 0 Å². The molecule has 88 valence electrons. The molecule has 0 aliphatic carbocycles. The van der Waals surface area contributed by atoms with Crippen molar-refractivity contribution in [2.45, 2.75) is 20.8 Å². The van der Waals surface area contributed by atoms with E-state index in [1.165, 1.54) is 6.07 Å². The van der Waals surface area contributed by atoms with Crippen LogP contribution in [0.4, 0.5) is 4.39 Å². The molecule has 2 rings (SSSR count). The van der Waals surface area contributed by atoms with Crippen molar-refractivity contribution < 1.29 is 9.18 Å². The molecular weight excluding hydrogens is 235 g/mol. The first kappa shape index (κ1) is 12.0. The third-order valence-corrected chi connectivity index (χ3v) is 3.62. The fourth-order valence-electron chi connectivity index (χ4n) is 1.81. The monoisotopic (exact) mass is 248 g/mol. The average Bonchev–Trinajstić information content (AvgIpc) is 2.57. The van der Waals surface area contributed by atoms with Crippen LogP contribution in [0, 0.1) is 26.6 Å². The zero-order chi connectivity index (χ0) is 12.6. The predicted molar refractivity (Wildman–Crippen MR) is 68.4 cm³/mol. The highest BCUT2D eigenvalue weighted by Gasteiger charge is 2.17. The predicted octanol–water partition coefficient (Wildman–Crippen LogP) is 4.04. The number of carbonyl (C=O) groups excluding carboxylic acids is 1. The largest absolute Gasteiger partial charge is 0.288 e.